The molecular formula is C13H25Cl2N5OS. The molecule has 9 heteroatoms. The van der Waals surface area contributed by atoms with Crippen LogP contribution in [-0.4, -0.2) is 71.5 Å². The number of thioether (sulfide) groups is 1. The van der Waals surface area contributed by atoms with E-state index in [9.17, 15) is 0 Å². The molecule has 3 heterocycles. The summed E-state index contributed by atoms with van der Waals surface area (Å²) in [7, 11) is 0. The number of nitrogens with zero attached hydrogens (tertiary/aromatic N) is 4. The fourth-order valence-corrected chi connectivity index (χ4v) is 3.35. The molecular weight excluding hydrogens is 345 g/mol. The zero-order chi connectivity index (χ0) is 13.8. The topological polar surface area (TPSA) is 57.4 Å². The maximum absolute atomic E-state index is 5.31. The molecule has 6 nitrogen and oxygen atoms in total. The largest absolute Gasteiger partial charge is 0.338 e. The molecule has 128 valence electrons. The van der Waals surface area contributed by atoms with Gasteiger partial charge in [0.1, 0.15) is 0 Å². The first-order valence-electron chi connectivity index (χ1n) is 7.32. The summed E-state index contributed by atoms with van der Waals surface area (Å²) in [6.45, 7) is 7.61. The Balaban J connectivity index is 0.00000121. The second kappa shape index (κ2) is 9.95. The zero-order valence-corrected chi connectivity index (χ0v) is 15.3. The summed E-state index contributed by atoms with van der Waals surface area (Å²) < 4.78 is 5.31. The second-order valence-electron chi connectivity index (χ2n) is 5.50. The highest BCUT2D eigenvalue weighted by atomic mass is 35.5. The van der Waals surface area contributed by atoms with Crippen LogP contribution in [0.1, 0.15) is 18.1 Å². The van der Waals surface area contributed by atoms with Gasteiger partial charge in [0.15, 0.2) is 5.82 Å². The van der Waals surface area contributed by atoms with Crippen molar-refractivity contribution >= 4 is 36.6 Å². The monoisotopic (exact) mass is 369 g/mol. The number of halogens is 2. The second-order valence-corrected chi connectivity index (χ2v) is 6.36. The Morgan fingerprint density at radius 3 is 2.68 bits per heavy atom. The van der Waals surface area contributed by atoms with E-state index in [0.717, 1.165) is 62.8 Å². The fourth-order valence-electron chi connectivity index (χ4n) is 2.97. The van der Waals surface area contributed by atoms with E-state index < -0.39 is 0 Å². The van der Waals surface area contributed by atoms with E-state index in [0.29, 0.717) is 0 Å². The Morgan fingerprint density at radius 2 is 2.05 bits per heavy atom. The summed E-state index contributed by atoms with van der Waals surface area (Å²) in [6, 6.07) is 0.744. The lowest BCUT2D eigenvalue weighted by molar-refractivity contribution is 0.0908. The normalized spacial score (nSPS) is 23.0. The molecule has 2 saturated heterocycles. The molecule has 2 aliphatic rings. The summed E-state index contributed by atoms with van der Waals surface area (Å²) in [6.07, 6.45) is 3.34. The Labute approximate surface area is 148 Å². The molecule has 1 atom stereocenters. The summed E-state index contributed by atoms with van der Waals surface area (Å²) >= 11 is 1.72. The zero-order valence-electron chi connectivity index (χ0n) is 12.9. The number of hydrogen-bond acceptors (Lipinski definition) is 7. The Hall–Kier alpha value is -0.0500. The molecule has 0 aliphatic carbocycles. The Morgan fingerprint density at radius 1 is 1.27 bits per heavy atom. The molecule has 1 unspecified atom stereocenters. The van der Waals surface area contributed by atoms with Gasteiger partial charge in [0.25, 0.3) is 0 Å². The third-order valence-corrected chi connectivity index (χ3v) is 4.65. The summed E-state index contributed by atoms with van der Waals surface area (Å²) in [5.41, 5.74) is 0. The molecule has 0 radical (unpaired) electrons. The van der Waals surface area contributed by atoms with Crippen molar-refractivity contribution in [2.75, 3.05) is 45.5 Å². The van der Waals surface area contributed by atoms with E-state index >= 15 is 0 Å². The SMILES string of the molecule is CSCc1noc(CN2CCN(C3CCNC3)CC2)n1.Cl.Cl. The quantitative estimate of drug-likeness (QED) is 0.837. The lowest BCUT2D eigenvalue weighted by atomic mass is 10.2. The molecule has 0 spiro atoms. The van der Waals surface area contributed by atoms with Crippen LogP contribution in [0.4, 0.5) is 0 Å². The summed E-state index contributed by atoms with van der Waals surface area (Å²) in [5.74, 6) is 2.39. The molecule has 3 rings (SSSR count). The van der Waals surface area contributed by atoms with Crippen molar-refractivity contribution in [2.24, 2.45) is 0 Å². The van der Waals surface area contributed by atoms with Crippen LogP contribution in [0.5, 0.6) is 0 Å². The minimum atomic E-state index is 0. The minimum Gasteiger partial charge on any atom is -0.338 e. The van der Waals surface area contributed by atoms with E-state index in [1.165, 1.54) is 13.0 Å². The van der Waals surface area contributed by atoms with Crippen LogP contribution in [0.15, 0.2) is 4.52 Å². The average Bonchev–Trinajstić information content (AvgIpc) is 3.12. The van der Waals surface area contributed by atoms with Crippen LogP contribution in [-0.2, 0) is 12.3 Å². The van der Waals surface area contributed by atoms with E-state index in [-0.39, 0.29) is 24.8 Å². The lowest BCUT2D eigenvalue weighted by Gasteiger charge is -2.37. The first-order valence-corrected chi connectivity index (χ1v) is 8.72. The minimum absolute atomic E-state index is 0. The standard InChI is InChI=1S/C13H23N5OS.2ClH/c1-20-10-12-15-13(19-16-12)9-17-4-6-18(7-5-17)11-2-3-14-8-11;;/h11,14H,2-10H2,1H3;2*1H. The summed E-state index contributed by atoms with van der Waals surface area (Å²) in [4.78, 5) is 9.45. The van der Waals surface area contributed by atoms with Gasteiger partial charge in [0.2, 0.25) is 5.89 Å². The molecule has 0 aromatic carbocycles. The lowest BCUT2D eigenvalue weighted by Crippen LogP contribution is -2.50. The maximum atomic E-state index is 5.31. The third-order valence-electron chi connectivity index (χ3n) is 4.10. The number of piperazine rings is 1. The van der Waals surface area contributed by atoms with Gasteiger partial charge in [-0.2, -0.15) is 16.7 Å². The summed E-state index contributed by atoms with van der Waals surface area (Å²) in [5, 5.41) is 7.44. The smallest absolute Gasteiger partial charge is 0.240 e. The fraction of sp³-hybridized carbons (Fsp3) is 0.846. The van der Waals surface area contributed by atoms with Gasteiger partial charge in [0, 0.05) is 38.8 Å². The molecule has 0 saturated carbocycles. The maximum Gasteiger partial charge on any atom is 0.240 e. The molecule has 1 N–H and O–H groups in total. The molecule has 1 aromatic heterocycles. The first kappa shape index (κ1) is 20.0. The van der Waals surface area contributed by atoms with Crippen molar-refractivity contribution < 1.29 is 4.52 Å². The van der Waals surface area contributed by atoms with Gasteiger partial charge >= 0.3 is 0 Å². The van der Waals surface area contributed by atoms with Crippen molar-refractivity contribution in [1.29, 1.82) is 0 Å². The third kappa shape index (κ3) is 5.25. The van der Waals surface area contributed by atoms with E-state index in [2.05, 4.69) is 25.3 Å². The van der Waals surface area contributed by atoms with E-state index in [1.54, 1.807) is 11.8 Å². The van der Waals surface area contributed by atoms with Gasteiger partial charge in [-0.1, -0.05) is 5.16 Å². The highest BCUT2D eigenvalue weighted by molar-refractivity contribution is 7.97. The number of hydrogen-bond donors (Lipinski definition) is 1. The van der Waals surface area contributed by atoms with E-state index in [1.807, 2.05) is 6.26 Å². The van der Waals surface area contributed by atoms with Crippen molar-refractivity contribution in [3.05, 3.63) is 11.7 Å². The van der Waals surface area contributed by atoms with Crippen LogP contribution in [0, 0.1) is 0 Å². The van der Waals surface area contributed by atoms with Crippen LogP contribution >= 0.6 is 36.6 Å². The predicted octanol–water partition coefficient (Wildman–Crippen LogP) is 1.26. The van der Waals surface area contributed by atoms with Crippen molar-refractivity contribution in [3.8, 4) is 0 Å². The van der Waals surface area contributed by atoms with E-state index in [4.69, 9.17) is 4.52 Å². The van der Waals surface area contributed by atoms with Gasteiger partial charge in [-0.25, -0.2) is 0 Å². The van der Waals surface area contributed by atoms with Crippen LogP contribution in [0.3, 0.4) is 0 Å². The molecule has 2 aliphatic heterocycles. The number of rotatable bonds is 5. The molecule has 1 aromatic rings. The Kier molecular flexibility index (Phi) is 9.04. The highest BCUT2D eigenvalue weighted by Crippen LogP contribution is 2.14. The molecule has 0 amide bonds. The molecule has 0 bridgehead atoms. The Bertz CT molecular complexity index is 422. The van der Waals surface area contributed by atoms with Crippen LogP contribution in [0.25, 0.3) is 0 Å². The number of nitrogens with one attached hydrogen (secondary N) is 1. The van der Waals surface area contributed by atoms with Gasteiger partial charge in [-0.15, -0.1) is 24.8 Å². The predicted molar refractivity (Wildman–Crippen MR) is 94.1 cm³/mol. The van der Waals surface area contributed by atoms with Crippen molar-refractivity contribution in [2.45, 2.75) is 24.8 Å². The van der Waals surface area contributed by atoms with Crippen molar-refractivity contribution in [1.82, 2.24) is 25.3 Å². The van der Waals surface area contributed by atoms with Crippen LogP contribution in [0.2, 0.25) is 0 Å². The van der Waals surface area contributed by atoms with Crippen molar-refractivity contribution in [3.63, 3.8) is 0 Å². The van der Waals surface area contributed by atoms with Crippen LogP contribution < -0.4 is 5.32 Å². The van der Waals surface area contributed by atoms with Gasteiger partial charge in [-0.05, 0) is 19.2 Å². The highest BCUT2D eigenvalue weighted by Gasteiger charge is 2.26. The molecule has 2 fully saturated rings. The van der Waals surface area contributed by atoms with Gasteiger partial charge in [0.05, 0.1) is 12.3 Å². The first-order chi connectivity index (χ1) is 9.85. The number of aromatic nitrogens is 2. The van der Waals surface area contributed by atoms with Gasteiger partial charge in [-0.3, -0.25) is 9.80 Å². The molecule has 22 heavy (non-hydrogen) atoms. The average molecular weight is 370 g/mol. The van der Waals surface area contributed by atoms with Gasteiger partial charge < -0.3 is 9.84 Å².